The van der Waals surface area contributed by atoms with Crippen molar-refractivity contribution >= 4 is 20.5 Å². The van der Waals surface area contributed by atoms with Crippen molar-refractivity contribution in [3.63, 3.8) is 0 Å². The minimum absolute atomic E-state index is 0.549. The van der Waals surface area contributed by atoms with Gasteiger partial charge in [-0.2, -0.15) is 0 Å². The van der Waals surface area contributed by atoms with Gasteiger partial charge in [0.05, 0.1) is 7.14 Å². The summed E-state index contributed by atoms with van der Waals surface area (Å²) in [7, 11) is 3.45. The van der Waals surface area contributed by atoms with E-state index < -0.39 is 7.14 Å². The van der Waals surface area contributed by atoms with E-state index in [4.69, 9.17) is 7.85 Å². The smallest absolute Gasteiger partial charge is 0.115 e. The zero-order valence-electron chi connectivity index (χ0n) is 7.32. The van der Waals surface area contributed by atoms with Crippen molar-refractivity contribution in [1.29, 1.82) is 0 Å². The third-order valence-corrected chi connectivity index (χ3v) is 2.48. The van der Waals surface area contributed by atoms with Gasteiger partial charge < -0.3 is 4.57 Å². The van der Waals surface area contributed by atoms with E-state index in [1.165, 1.54) is 0 Å². The van der Waals surface area contributed by atoms with Crippen molar-refractivity contribution in [2.45, 2.75) is 6.16 Å². The highest BCUT2D eigenvalue weighted by Crippen LogP contribution is 2.39. The van der Waals surface area contributed by atoms with Crippen LogP contribution in [0.15, 0.2) is 18.3 Å². The number of hydrogen-bond acceptors (Lipinski definition) is 2. The Hall–Kier alpha value is -0.555. The monoisotopic (exact) mass is 179 g/mol. The Balaban J connectivity index is 2.78. The fraction of sp³-hybridized carbons (Fsp3) is 0.375. The molecule has 0 bridgehead atoms. The van der Waals surface area contributed by atoms with Gasteiger partial charge in [-0.3, -0.25) is 4.98 Å². The van der Waals surface area contributed by atoms with Crippen LogP contribution in [0.4, 0.5) is 0 Å². The molecule has 0 unspecified atom stereocenters. The predicted octanol–water partition coefficient (Wildman–Crippen LogP) is 0.998. The Labute approximate surface area is 74.2 Å². The molecule has 0 aromatic carbocycles. The summed E-state index contributed by atoms with van der Waals surface area (Å²) < 4.78 is 11.4. The van der Waals surface area contributed by atoms with E-state index in [-0.39, 0.29) is 0 Å². The summed E-state index contributed by atoms with van der Waals surface area (Å²) >= 11 is 0. The van der Waals surface area contributed by atoms with E-state index in [0.29, 0.717) is 11.6 Å². The van der Waals surface area contributed by atoms with Crippen LogP contribution in [0.5, 0.6) is 0 Å². The molecule has 62 valence electrons. The second-order valence-corrected chi connectivity index (χ2v) is 6.78. The number of rotatable bonds is 2. The van der Waals surface area contributed by atoms with Gasteiger partial charge in [-0.1, -0.05) is 11.5 Å². The lowest BCUT2D eigenvalue weighted by molar-refractivity contribution is 0.581. The van der Waals surface area contributed by atoms with Crippen LogP contribution in [-0.4, -0.2) is 26.2 Å². The van der Waals surface area contributed by atoms with Gasteiger partial charge in [-0.15, -0.1) is 0 Å². The summed E-state index contributed by atoms with van der Waals surface area (Å²) in [5.41, 5.74) is 1.48. The van der Waals surface area contributed by atoms with Gasteiger partial charge >= 0.3 is 0 Å². The van der Waals surface area contributed by atoms with E-state index in [9.17, 15) is 4.57 Å². The highest BCUT2D eigenvalue weighted by molar-refractivity contribution is 7.61. The van der Waals surface area contributed by atoms with Crippen molar-refractivity contribution in [2.75, 3.05) is 13.3 Å². The topological polar surface area (TPSA) is 30.0 Å². The Bertz CT molecular complexity index is 303. The van der Waals surface area contributed by atoms with Crippen LogP contribution in [-0.2, 0) is 10.7 Å². The molecule has 1 aromatic rings. The van der Waals surface area contributed by atoms with Crippen molar-refractivity contribution in [1.82, 2.24) is 4.98 Å². The zero-order valence-corrected chi connectivity index (χ0v) is 8.21. The van der Waals surface area contributed by atoms with Crippen molar-refractivity contribution < 1.29 is 4.57 Å². The second-order valence-electron chi connectivity index (χ2n) is 3.31. The summed E-state index contributed by atoms with van der Waals surface area (Å²) in [4.78, 5) is 4.07. The third-order valence-electron chi connectivity index (χ3n) is 1.39. The molecule has 1 heterocycles. The molecule has 0 spiro atoms. The maximum absolute atomic E-state index is 11.4. The van der Waals surface area contributed by atoms with Gasteiger partial charge in [0.15, 0.2) is 0 Å². The van der Waals surface area contributed by atoms with Gasteiger partial charge in [0.1, 0.15) is 7.85 Å². The number of hydrogen-bond donors (Lipinski definition) is 0. The Morgan fingerprint density at radius 1 is 1.50 bits per heavy atom. The molecule has 2 nitrogen and oxygen atoms in total. The summed E-state index contributed by atoms with van der Waals surface area (Å²) in [5, 5.41) is 0. The fourth-order valence-corrected chi connectivity index (χ4v) is 1.89. The molecule has 1 rings (SSSR count). The van der Waals surface area contributed by atoms with Gasteiger partial charge in [-0.05, 0) is 19.4 Å². The van der Waals surface area contributed by atoms with Gasteiger partial charge in [0.2, 0.25) is 0 Å². The quantitative estimate of drug-likeness (QED) is 0.500. The number of aromatic nitrogens is 1. The lowest BCUT2D eigenvalue weighted by atomic mass is 9.99. The minimum Gasteiger partial charge on any atom is -0.324 e. The van der Waals surface area contributed by atoms with Gasteiger partial charge in [-0.25, -0.2) is 0 Å². The normalized spacial score (nSPS) is 11.5. The molecule has 0 aliphatic carbocycles. The predicted molar refractivity (Wildman–Crippen MR) is 52.8 cm³/mol. The van der Waals surface area contributed by atoms with Crippen LogP contribution >= 0.6 is 7.14 Å². The molecule has 0 amide bonds. The maximum Gasteiger partial charge on any atom is 0.115 e. The average Bonchev–Trinajstić information content (AvgIpc) is 1.91. The van der Waals surface area contributed by atoms with Gasteiger partial charge in [0, 0.05) is 18.1 Å². The standard InChI is InChI=1S/C8H11BNOP/c1-12(2,11)6-8-4-3-7(9)5-10-8/h3-5H,6H2,1-2H3. The first-order valence-electron chi connectivity index (χ1n) is 3.72. The summed E-state index contributed by atoms with van der Waals surface area (Å²) in [6.07, 6.45) is 2.14. The van der Waals surface area contributed by atoms with Crippen LogP contribution in [0, 0.1) is 0 Å². The molecular weight excluding hydrogens is 168 g/mol. The average molecular weight is 179 g/mol. The van der Waals surface area contributed by atoms with E-state index >= 15 is 0 Å². The van der Waals surface area contributed by atoms with Crippen LogP contribution < -0.4 is 5.46 Å². The fourth-order valence-electron chi connectivity index (χ4n) is 0.920. The molecule has 0 N–H and O–H groups in total. The Morgan fingerprint density at radius 3 is 2.58 bits per heavy atom. The van der Waals surface area contributed by atoms with Crippen molar-refractivity contribution in [3.05, 3.63) is 24.0 Å². The van der Waals surface area contributed by atoms with Crippen molar-refractivity contribution in [3.8, 4) is 0 Å². The summed E-state index contributed by atoms with van der Waals surface area (Å²) in [5.74, 6) is 0. The molecule has 0 atom stereocenters. The van der Waals surface area contributed by atoms with Crippen molar-refractivity contribution in [2.24, 2.45) is 0 Å². The van der Waals surface area contributed by atoms with Crippen LogP contribution in [0.2, 0.25) is 0 Å². The second kappa shape index (κ2) is 3.45. The molecule has 0 fully saturated rings. The van der Waals surface area contributed by atoms with E-state index in [0.717, 1.165) is 5.69 Å². The van der Waals surface area contributed by atoms with Crippen LogP contribution in [0.1, 0.15) is 5.69 Å². The Morgan fingerprint density at radius 2 is 2.17 bits per heavy atom. The molecule has 0 aliphatic heterocycles. The molecule has 12 heavy (non-hydrogen) atoms. The lowest BCUT2D eigenvalue weighted by Gasteiger charge is -2.05. The van der Waals surface area contributed by atoms with E-state index in [1.54, 1.807) is 25.6 Å². The number of pyridine rings is 1. The third kappa shape index (κ3) is 3.23. The number of nitrogens with zero attached hydrogens (tertiary/aromatic N) is 1. The Kier molecular flexibility index (Phi) is 2.74. The molecule has 2 radical (unpaired) electrons. The largest absolute Gasteiger partial charge is 0.324 e. The van der Waals surface area contributed by atoms with E-state index in [1.807, 2.05) is 6.07 Å². The SMILES string of the molecule is [B]c1ccc(CP(C)(C)=O)nc1. The first-order chi connectivity index (χ1) is 5.47. The van der Waals surface area contributed by atoms with Crippen LogP contribution in [0.3, 0.4) is 0 Å². The van der Waals surface area contributed by atoms with E-state index in [2.05, 4.69) is 4.98 Å². The summed E-state index contributed by atoms with van der Waals surface area (Å²) in [6, 6.07) is 3.59. The molecule has 0 saturated carbocycles. The highest BCUT2D eigenvalue weighted by Gasteiger charge is 2.08. The summed E-state index contributed by atoms with van der Waals surface area (Å²) in [6.45, 7) is 3.51. The maximum atomic E-state index is 11.4. The molecular formula is C8H11BNOP. The highest BCUT2D eigenvalue weighted by atomic mass is 31.2. The molecule has 0 saturated heterocycles. The van der Waals surface area contributed by atoms with Gasteiger partial charge in [0.25, 0.3) is 0 Å². The first kappa shape index (κ1) is 9.53. The molecule has 4 heteroatoms. The molecule has 1 aromatic heterocycles. The molecule has 0 aliphatic rings. The van der Waals surface area contributed by atoms with Crippen LogP contribution in [0.25, 0.3) is 0 Å². The first-order valence-corrected chi connectivity index (χ1v) is 6.50. The lowest BCUT2D eigenvalue weighted by Crippen LogP contribution is -2.03. The minimum atomic E-state index is -2.01. The zero-order chi connectivity index (χ0) is 9.19.